The van der Waals surface area contributed by atoms with Gasteiger partial charge in [-0.15, -0.1) is 17.0 Å². The predicted molar refractivity (Wildman–Crippen MR) is 74.4 cm³/mol. The van der Waals surface area contributed by atoms with Crippen LogP contribution in [0.2, 0.25) is 0 Å². The van der Waals surface area contributed by atoms with Crippen molar-refractivity contribution in [1.82, 2.24) is 5.32 Å². The van der Waals surface area contributed by atoms with Crippen LogP contribution in [-0.2, 0) is 9.59 Å². The highest BCUT2D eigenvalue weighted by Crippen LogP contribution is 1.99. The second kappa shape index (κ2) is 11.4. The van der Waals surface area contributed by atoms with Crippen LogP contribution in [0.25, 0.3) is 0 Å². The Hall–Kier alpha value is -0.700. The van der Waals surface area contributed by atoms with Crippen molar-refractivity contribution in [3.05, 3.63) is 0 Å². The van der Waals surface area contributed by atoms with E-state index >= 15 is 0 Å². The van der Waals surface area contributed by atoms with E-state index in [1.165, 1.54) is 0 Å². The summed E-state index contributed by atoms with van der Waals surface area (Å²) in [5, 5.41) is 11.3. The summed E-state index contributed by atoms with van der Waals surface area (Å²) in [5.41, 5.74) is 16.2. The van der Waals surface area contributed by atoms with Gasteiger partial charge in [0.05, 0.1) is 6.04 Å². The van der Waals surface area contributed by atoms with E-state index in [1.54, 1.807) is 0 Å². The lowest BCUT2D eigenvalue weighted by molar-refractivity contribution is -0.142. The smallest absolute Gasteiger partial charge is 0.326 e. The Morgan fingerprint density at radius 3 is 2.06 bits per heavy atom. The van der Waals surface area contributed by atoms with E-state index in [-0.39, 0.29) is 17.0 Å². The number of nitrogens with one attached hydrogen (secondary N) is 1. The van der Waals surface area contributed by atoms with Crippen LogP contribution in [-0.4, -0.2) is 42.2 Å². The van der Waals surface area contributed by atoms with Gasteiger partial charge in [-0.3, -0.25) is 4.79 Å². The third kappa shape index (κ3) is 8.40. The molecule has 0 spiro atoms. The second-order valence-electron chi connectivity index (χ2n) is 3.87. The highest BCUT2D eigenvalue weighted by atomic mass is 79.9. The number of nitrogens with two attached hydrogens (primary N) is 3. The summed E-state index contributed by atoms with van der Waals surface area (Å²) in [7, 11) is 0. The quantitative estimate of drug-likeness (QED) is 0.365. The van der Waals surface area contributed by atoms with Crippen molar-refractivity contribution in [3.63, 3.8) is 0 Å². The Morgan fingerprint density at radius 2 is 1.61 bits per heavy atom. The monoisotopic (exact) mass is 326 g/mol. The van der Waals surface area contributed by atoms with Crippen LogP contribution in [0.15, 0.2) is 0 Å². The number of carboxylic acid groups (broad SMARTS) is 1. The van der Waals surface area contributed by atoms with E-state index in [0.29, 0.717) is 38.8 Å². The molecule has 7 nitrogen and oxygen atoms in total. The average molecular weight is 327 g/mol. The van der Waals surface area contributed by atoms with Crippen LogP contribution in [0.5, 0.6) is 0 Å². The summed E-state index contributed by atoms with van der Waals surface area (Å²) in [6.45, 7) is 0.843. The number of carboxylic acids is 1. The summed E-state index contributed by atoms with van der Waals surface area (Å²) in [4.78, 5) is 22.4. The van der Waals surface area contributed by atoms with E-state index < -0.39 is 24.0 Å². The molecule has 8 heteroatoms. The lowest BCUT2D eigenvalue weighted by Gasteiger charge is -2.17. The Bertz CT molecular complexity index is 253. The molecule has 0 saturated heterocycles. The van der Waals surface area contributed by atoms with E-state index in [4.69, 9.17) is 22.3 Å². The van der Waals surface area contributed by atoms with E-state index in [2.05, 4.69) is 5.32 Å². The van der Waals surface area contributed by atoms with Crippen LogP contribution in [0.3, 0.4) is 0 Å². The van der Waals surface area contributed by atoms with Crippen molar-refractivity contribution < 1.29 is 14.7 Å². The van der Waals surface area contributed by atoms with E-state index in [1.807, 2.05) is 0 Å². The lowest BCUT2D eigenvalue weighted by Crippen LogP contribution is -2.48. The van der Waals surface area contributed by atoms with Crippen LogP contribution in [0, 0.1) is 0 Å². The zero-order chi connectivity index (χ0) is 13.3. The van der Waals surface area contributed by atoms with E-state index in [9.17, 15) is 9.59 Å². The maximum atomic E-state index is 11.6. The molecule has 0 aromatic rings. The van der Waals surface area contributed by atoms with Crippen molar-refractivity contribution in [2.75, 3.05) is 13.1 Å². The molecule has 0 fully saturated rings. The molecule has 2 unspecified atom stereocenters. The topological polar surface area (TPSA) is 144 Å². The maximum absolute atomic E-state index is 11.6. The molecule has 1 amide bonds. The van der Waals surface area contributed by atoms with Gasteiger partial charge in [0.1, 0.15) is 6.04 Å². The Kier molecular flexibility index (Phi) is 12.4. The van der Waals surface area contributed by atoms with E-state index in [0.717, 1.165) is 0 Å². The van der Waals surface area contributed by atoms with Gasteiger partial charge in [-0.05, 0) is 38.8 Å². The highest BCUT2D eigenvalue weighted by Gasteiger charge is 2.22. The number of carbonyl (C=O) groups excluding carboxylic acids is 1. The first-order chi connectivity index (χ1) is 8.02. The number of hydrogen-bond acceptors (Lipinski definition) is 5. The van der Waals surface area contributed by atoms with Crippen LogP contribution < -0.4 is 22.5 Å². The van der Waals surface area contributed by atoms with Crippen molar-refractivity contribution in [1.29, 1.82) is 0 Å². The highest BCUT2D eigenvalue weighted by molar-refractivity contribution is 8.93. The minimum absolute atomic E-state index is 0. The van der Waals surface area contributed by atoms with Gasteiger partial charge in [-0.25, -0.2) is 4.79 Å². The number of hydrogen-bond donors (Lipinski definition) is 5. The molecule has 18 heavy (non-hydrogen) atoms. The van der Waals surface area contributed by atoms with Gasteiger partial charge in [0, 0.05) is 0 Å². The summed E-state index contributed by atoms with van der Waals surface area (Å²) in [5.74, 6) is -1.53. The van der Waals surface area contributed by atoms with Gasteiger partial charge in [0.15, 0.2) is 0 Å². The Labute approximate surface area is 117 Å². The first kappa shape index (κ1) is 19.6. The number of carbonyl (C=O) groups is 2. The van der Waals surface area contributed by atoms with Crippen LogP contribution in [0.4, 0.5) is 0 Å². The largest absolute Gasteiger partial charge is 0.480 e. The summed E-state index contributed by atoms with van der Waals surface area (Å²) < 4.78 is 0. The van der Waals surface area contributed by atoms with Gasteiger partial charge in [-0.1, -0.05) is 0 Å². The number of halogens is 1. The minimum atomic E-state index is -1.07. The molecule has 2 atom stereocenters. The maximum Gasteiger partial charge on any atom is 0.326 e. The number of rotatable bonds is 9. The molecular formula is C10H23BrN4O3. The fourth-order valence-electron chi connectivity index (χ4n) is 1.33. The molecule has 0 aliphatic heterocycles. The predicted octanol–water partition coefficient (Wildman–Crippen LogP) is -1.06. The number of aliphatic carboxylic acids is 1. The van der Waals surface area contributed by atoms with Crippen molar-refractivity contribution >= 4 is 28.9 Å². The zero-order valence-corrected chi connectivity index (χ0v) is 12.0. The standard InChI is InChI=1S/C10H22N4O3.BrH/c11-5-1-3-7(13)9(15)14-8(10(16)17)4-2-6-12;/h7-8H,1-6,11-13H2,(H,14,15)(H,16,17);1H. The summed E-state index contributed by atoms with van der Waals surface area (Å²) in [6.07, 6.45) is 1.93. The molecular weight excluding hydrogens is 304 g/mol. The Balaban J connectivity index is 0. The van der Waals surface area contributed by atoms with Gasteiger partial charge in [0.25, 0.3) is 0 Å². The molecule has 0 aromatic carbocycles. The van der Waals surface area contributed by atoms with Crippen LogP contribution in [0.1, 0.15) is 25.7 Å². The molecule has 0 radical (unpaired) electrons. The molecule has 0 bridgehead atoms. The van der Waals surface area contributed by atoms with Crippen molar-refractivity contribution in [2.45, 2.75) is 37.8 Å². The third-order valence-electron chi connectivity index (χ3n) is 2.37. The lowest BCUT2D eigenvalue weighted by atomic mass is 10.1. The first-order valence-electron chi connectivity index (χ1n) is 5.71. The molecule has 0 aliphatic rings. The summed E-state index contributed by atoms with van der Waals surface area (Å²) in [6, 6.07) is -1.63. The summed E-state index contributed by atoms with van der Waals surface area (Å²) >= 11 is 0. The fraction of sp³-hybridized carbons (Fsp3) is 0.800. The van der Waals surface area contributed by atoms with Gasteiger partial charge in [-0.2, -0.15) is 0 Å². The average Bonchev–Trinajstić information content (AvgIpc) is 2.30. The molecule has 0 aromatic heterocycles. The van der Waals surface area contributed by atoms with Gasteiger partial charge < -0.3 is 27.6 Å². The normalized spacial score (nSPS) is 13.3. The van der Waals surface area contributed by atoms with Crippen molar-refractivity contribution in [2.24, 2.45) is 17.2 Å². The molecule has 0 saturated carbocycles. The molecule has 0 rings (SSSR count). The molecule has 8 N–H and O–H groups in total. The van der Waals surface area contributed by atoms with Crippen LogP contribution >= 0.6 is 17.0 Å². The van der Waals surface area contributed by atoms with Gasteiger partial charge >= 0.3 is 5.97 Å². The Morgan fingerprint density at radius 1 is 1.11 bits per heavy atom. The number of amides is 1. The third-order valence-corrected chi connectivity index (χ3v) is 2.37. The fourth-order valence-corrected chi connectivity index (χ4v) is 1.33. The van der Waals surface area contributed by atoms with Crippen molar-refractivity contribution in [3.8, 4) is 0 Å². The molecule has 0 aliphatic carbocycles. The minimum Gasteiger partial charge on any atom is -0.480 e. The SMILES string of the molecule is Br.NCCCC(N)C(=O)NC(CCCN)C(=O)O. The molecule has 0 heterocycles. The first-order valence-corrected chi connectivity index (χ1v) is 5.71. The zero-order valence-electron chi connectivity index (χ0n) is 10.3. The second-order valence-corrected chi connectivity index (χ2v) is 3.87. The molecule has 108 valence electrons. The van der Waals surface area contributed by atoms with Gasteiger partial charge in [0.2, 0.25) is 5.91 Å².